The molecule has 0 aliphatic heterocycles. The molecule has 0 spiro atoms. The van der Waals surface area contributed by atoms with Crippen molar-refractivity contribution in [1.29, 1.82) is 0 Å². The Morgan fingerprint density at radius 2 is 2.24 bits per heavy atom. The van der Waals surface area contributed by atoms with E-state index in [2.05, 4.69) is 9.97 Å². The van der Waals surface area contributed by atoms with E-state index in [-0.39, 0.29) is 17.5 Å². The molecule has 0 aromatic carbocycles. The summed E-state index contributed by atoms with van der Waals surface area (Å²) in [6.07, 6.45) is 3.84. The van der Waals surface area contributed by atoms with Gasteiger partial charge >= 0.3 is 0 Å². The Labute approximate surface area is 132 Å². The van der Waals surface area contributed by atoms with E-state index in [4.69, 9.17) is 27.9 Å². The molecule has 0 aliphatic carbocycles. The molecule has 0 radical (unpaired) electrons. The van der Waals surface area contributed by atoms with Crippen LogP contribution in [0.15, 0.2) is 36.9 Å². The van der Waals surface area contributed by atoms with Gasteiger partial charge in [-0.15, -0.1) is 11.6 Å². The molecule has 1 unspecified atom stereocenters. The molecule has 7 heteroatoms. The van der Waals surface area contributed by atoms with Gasteiger partial charge in [-0.25, -0.2) is 9.97 Å². The summed E-state index contributed by atoms with van der Waals surface area (Å²) in [7, 11) is 0. The molecule has 0 saturated heterocycles. The number of pyridine rings is 1. The molecule has 0 saturated carbocycles. The fourth-order valence-corrected chi connectivity index (χ4v) is 1.92. The Morgan fingerprint density at radius 3 is 2.81 bits per heavy atom. The molecule has 0 aliphatic rings. The smallest absolute Gasteiger partial charge is 0.238 e. The Bertz CT molecular complexity index is 614. The Morgan fingerprint density at radius 1 is 1.48 bits per heavy atom. The van der Waals surface area contributed by atoms with Crippen LogP contribution in [0.2, 0.25) is 5.15 Å². The van der Waals surface area contributed by atoms with E-state index < -0.39 is 11.6 Å². The van der Waals surface area contributed by atoms with Gasteiger partial charge in [0, 0.05) is 29.8 Å². The van der Waals surface area contributed by atoms with Crippen LogP contribution >= 0.6 is 23.2 Å². The van der Waals surface area contributed by atoms with Gasteiger partial charge in [0.05, 0.1) is 6.33 Å². The third-order valence-corrected chi connectivity index (χ3v) is 3.82. The summed E-state index contributed by atoms with van der Waals surface area (Å²) in [5.74, 6) is 0.279. The lowest BCUT2D eigenvalue weighted by atomic mass is 9.89. The van der Waals surface area contributed by atoms with E-state index in [9.17, 15) is 4.79 Å². The number of hydrogen-bond acceptors (Lipinski definition) is 4. The molecule has 21 heavy (non-hydrogen) atoms. The fourth-order valence-electron chi connectivity index (χ4n) is 1.63. The van der Waals surface area contributed by atoms with Crippen molar-refractivity contribution in [3.8, 4) is 5.88 Å². The number of alkyl halides is 1. The number of rotatable bonds is 6. The molecule has 2 heterocycles. The highest BCUT2D eigenvalue weighted by atomic mass is 35.5. The summed E-state index contributed by atoms with van der Waals surface area (Å²) in [6, 6.07) is 4.97. The molecule has 0 bridgehead atoms. The lowest BCUT2D eigenvalue weighted by Crippen LogP contribution is -2.36. The molecular weight excluding hydrogens is 313 g/mol. The van der Waals surface area contributed by atoms with Crippen molar-refractivity contribution in [2.45, 2.75) is 20.1 Å². The van der Waals surface area contributed by atoms with Gasteiger partial charge in [-0.2, -0.15) is 0 Å². The molecule has 2 aromatic rings. The topological polar surface area (TPSA) is 57.0 Å². The summed E-state index contributed by atoms with van der Waals surface area (Å²) in [6.45, 7) is 3.53. The Kier molecular flexibility index (Phi) is 4.85. The molecule has 1 atom stereocenters. The maximum atomic E-state index is 12.7. The first-order valence-electron chi connectivity index (χ1n) is 6.31. The maximum absolute atomic E-state index is 12.7. The third-order valence-electron chi connectivity index (χ3n) is 2.94. The van der Waals surface area contributed by atoms with Crippen molar-refractivity contribution in [3.05, 3.63) is 42.1 Å². The predicted molar refractivity (Wildman–Crippen MR) is 80.6 cm³/mol. The number of nitrogens with zero attached hydrogens (tertiary/aromatic N) is 3. The highest BCUT2D eigenvalue weighted by Crippen LogP contribution is 2.27. The highest BCUT2D eigenvalue weighted by molar-refractivity contribution is 6.29. The van der Waals surface area contributed by atoms with Crippen LogP contribution in [0.4, 0.5) is 0 Å². The van der Waals surface area contributed by atoms with Crippen LogP contribution in [0.25, 0.3) is 0 Å². The number of aromatic nitrogens is 3. The summed E-state index contributed by atoms with van der Waals surface area (Å²) in [5.41, 5.74) is -0.741. The van der Waals surface area contributed by atoms with Crippen molar-refractivity contribution in [2.75, 3.05) is 5.88 Å². The number of Topliss-reactive ketones (excluding diaryl/α,β-unsaturated/α-hetero) is 1. The molecule has 112 valence electrons. The van der Waals surface area contributed by atoms with Gasteiger partial charge in [0.2, 0.25) is 17.9 Å². The summed E-state index contributed by atoms with van der Waals surface area (Å²) >= 11 is 11.7. The minimum absolute atomic E-state index is 0.169. The van der Waals surface area contributed by atoms with Gasteiger partial charge in [-0.05, 0) is 6.07 Å². The molecule has 0 fully saturated rings. The van der Waals surface area contributed by atoms with E-state index in [1.54, 1.807) is 49.0 Å². The summed E-state index contributed by atoms with van der Waals surface area (Å²) < 4.78 is 7.28. The maximum Gasteiger partial charge on any atom is 0.238 e. The van der Waals surface area contributed by atoms with E-state index in [0.29, 0.717) is 5.15 Å². The zero-order chi connectivity index (χ0) is 15.5. The SMILES string of the molecule is CC(C)(CCl)C(=O)C(Oc1cccc(Cl)n1)n1ccnc1. The molecule has 2 rings (SSSR count). The molecule has 2 aromatic heterocycles. The highest BCUT2D eigenvalue weighted by Gasteiger charge is 2.35. The largest absolute Gasteiger partial charge is 0.446 e. The van der Waals surface area contributed by atoms with E-state index in [0.717, 1.165) is 0 Å². The van der Waals surface area contributed by atoms with Crippen LogP contribution in [0, 0.1) is 5.41 Å². The van der Waals surface area contributed by atoms with Crippen molar-refractivity contribution < 1.29 is 9.53 Å². The van der Waals surface area contributed by atoms with Gasteiger partial charge in [-0.3, -0.25) is 9.36 Å². The van der Waals surface area contributed by atoms with Crippen molar-refractivity contribution in [3.63, 3.8) is 0 Å². The van der Waals surface area contributed by atoms with Gasteiger partial charge in [0.25, 0.3) is 0 Å². The lowest BCUT2D eigenvalue weighted by molar-refractivity contribution is -0.137. The average Bonchev–Trinajstić information content (AvgIpc) is 2.98. The van der Waals surface area contributed by atoms with Crippen LogP contribution in [0.3, 0.4) is 0 Å². The third kappa shape index (κ3) is 3.74. The Balaban J connectivity index is 2.32. The fraction of sp³-hybridized carbons (Fsp3) is 0.357. The number of ether oxygens (including phenoxy) is 1. The first-order valence-corrected chi connectivity index (χ1v) is 7.22. The lowest BCUT2D eigenvalue weighted by Gasteiger charge is -2.27. The number of halogens is 2. The van der Waals surface area contributed by atoms with E-state index in [1.165, 1.54) is 6.33 Å². The number of imidazole rings is 1. The first-order chi connectivity index (χ1) is 9.94. The number of carbonyl (C=O) groups is 1. The second-order valence-corrected chi connectivity index (χ2v) is 5.81. The van der Waals surface area contributed by atoms with Crippen LogP contribution in [-0.4, -0.2) is 26.2 Å². The van der Waals surface area contributed by atoms with Gasteiger partial charge < -0.3 is 4.74 Å². The minimum atomic E-state index is -0.896. The first kappa shape index (κ1) is 15.8. The van der Waals surface area contributed by atoms with Crippen LogP contribution in [0.1, 0.15) is 20.1 Å². The Hall–Kier alpha value is -1.59. The second-order valence-electron chi connectivity index (χ2n) is 5.16. The number of ketones is 1. The van der Waals surface area contributed by atoms with Crippen LogP contribution in [-0.2, 0) is 4.79 Å². The van der Waals surface area contributed by atoms with Crippen molar-refractivity contribution in [1.82, 2.24) is 14.5 Å². The van der Waals surface area contributed by atoms with Gasteiger partial charge in [0.1, 0.15) is 5.15 Å². The number of carbonyl (C=O) groups excluding carboxylic acids is 1. The summed E-state index contributed by atoms with van der Waals surface area (Å²) in [4.78, 5) is 20.6. The van der Waals surface area contributed by atoms with Gasteiger partial charge in [0.15, 0.2) is 0 Å². The normalized spacial score (nSPS) is 13.0. The standard InChI is InChI=1S/C14H15Cl2N3O2/c1-14(2,8-15)12(20)13(19-7-6-17-9-19)21-11-5-3-4-10(16)18-11/h3-7,9,13H,8H2,1-2H3. The van der Waals surface area contributed by atoms with Crippen LogP contribution < -0.4 is 4.74 Å². The minimum Gasteiger partial charge on any atom is -0.446 e. The van der Waals surface area contributed by atoms with Crippen molar-refractivity contribution >= 4 is 29.0 Å². The zero-order valence-electron chi connectivity index (χ0n) is 11.7. The predicted octanol–water partition coefficient (Wildman–Crippen LogP) is 3.34. The van der Waals surface area contributed by atoms with Crippen molar-refractivity contribution in [2.24, 2.45) is 5.41 Å². The number of hydrogen-bond donors (Lipinski definition) is 0. The average molecular weight is 328 g/mol. The van der Waals surface area contributed by atoms with Crippen LogP contribution in [0.5, 0.6) is 5.88 Å². The monoisotopic (exact) mass is 327 g/mol. The van der Waals surface area contributed by atoms with E-state index in [1.807, 2.05) is 0 Å². The molecule has 0 N–H and O–H groups in total. The zero-order valence-corrected chi connectivity index (χ0v) is 13.2. The molecular formula is C14H15Cl2N3O2. The molecule has 0 amide bonds. The second kappa shape index (κ2) is 6.45. The quantitative estimate of drug-likeness (QED) is 0.603. The van der Waals surface area contributed by atoms with Gasteiger partial charge in [-0.1, -0.05) is 31.5 Å². The molecule has 5 nitrogen and oxygen atoms in total. The van der Waals surface area contributed by atoms with E-state index >= 15 is 0 Å². The summed E-state index contributed by atoms with van der Waals surface area (Å²) in [5, 5.41) is 0.293.